The van der Waals surface area contributed by atoms with Gasteiger partial charge >= 0.3 is 5.97 Å². The second-order valence-corrected chi connectivity index (χ2v) is 10.9. The van der Waals surface area contributed by atoms with Gasteiger partial charge in [-0.2, -0.15) is 0 Å². The lowest BCUT2D eigenvalue weighted by atomic mass is 9.94. The molecule has 190 valence electrons. The zero-order chi connectivity index (χ0) is 25.7. The molecule has 0 spiro atoms. The van der Waals surface area contributed by atoms with E-state index in [1.165, 1.54) is 7.11 Å². The predicted molar refractivity (Wildman–Crippen MR) is 141 cm³/mol. The van der Waals surface area contributed by atoms with Gasteiger partial charge in [-0.1, -0.05) is 49.3 Å². The highest BCUT2D eigenvalue weighted by Crippen LogP contribution is 2.20. The molecule has 7 heteroatoms. The van der Waals surface area contributed by atoms with Crippen molar-refractivity contribution >= 4 is 23.0 Å². The van der Waals surface area contributed by atoms with Gasteiger partial charge in [-0.25, -0.2) is 4.98 Å². The molecule has 1 aromatic carbocycles. The number of carbonyl (C=O) groups excluding carboxylic acids is 1. The molecule has 2 aromatic rings. The van der Waals surface area contributed by atoms with E-state index < -0.39 is 5.60 Å². The van der Waals surface area contributed by atoms with Crippen molar-refractivity contribution in [1.82, 2.24) is 4.98 Å². The zero-order valence-electron chi connectivity index (χ0n) is 21.8. The Morgan fingerprint density at radius 3 is 2.60 bits per heavy atom. The van der Waals surface area contributed by atoms with Gasteiger partial charge in [0, 0.05) is 18.9 Å². The van der Waals surface area contributed by atoms with E-state index in [0.717, 1.165) is 28.3 Å². The van der Waals surface area contributed by atoms with Crippen LogP contribution < -0.4 is 0 Å². The number of nitrogens with zero attached hydrogens (tertiary/aromatic N) is 2. The number of oxime groups is 1. The molecule has 1 aromatic heterocycles. The second-order valence-electron chi connectivity index (χ2n) is 9.79. The van der Waals surface area contributed by atoms with Crippen LogP contribution in [0.15, 0.2) is 41.7 Å². The number of rotatable bonds is 12. The summed E-state index contributed by atoms with van der Waals surface area (Å²) >= 11 is 1.58. The van der Waals surface area contributed by atoms with Crippen molar-refractivity contribution in [3.8, 4) is 11.8 Å². The van der Waals surface area contributed by atoms with Crippen LogP contribution in [0.25, 0.3) is 0 Å². The Balaban J connectivity index is 2.08. The lowest BCUT2D eigenvalue weighted by Crippen LogP contribution is -2.27. The molecule has 0 fully saturated rings. The summed E-state index contributed by atoms with van der Waals surface area (Å²) in [5, 5.41) is 5.23. The first-order valence-corrected chi connectivity index (χ1v) is 12.9. The molecule has 0 aliphatic heterocycles. The highest BCUT2D eigenvalue weighted by atomic mass is 32.1. The van der Waals surface area contributed by atoms with Crippen molar-refractivity contribution in [3.05, 3.63) is 52.0 Å². The van der Waals surface area contributed by atoms with Crippen LogP contribution in [0.4, 0.5) is 0 Å². The van der Waals surface area contributed by atoms with Crippen molar-refractivity contribution < 1.29 is 19.1 Å². The van der Waals surface area contributed by atoms with Crippen LogP contribution in [0.5, 0.6) is 0 Å². The van der Waals surface area contributed by atoms with Gasteiger partial charge in [0.2, 0.25) is 0 Å². The van der Waals surface area contributed by atoms with Crippen molar-refractivity contribution in [3.63, 3.8) is 0 Å². The molecule has 0 amide bonds. The van der Waals surface area contributed by atoms with Gasteiger partial charge in [0.15, 0.2) is 0 Å². The first-order chi connectivity index (χ1) is 16.7. The lowest BCUT2D eigenvalue weighted by molar-refractivity contribution is -0.155. The minimum atomic E-state index is -0.555. The third-order valence-electron chi connectivity index (χ3n) is 4.81. The van der Waals surface area contributed by atoms with Crippen molar-refractivity contribution in [2.75, 3.05) is 13.7 Å². The van der Waals surface area contributed by atoms with Gasteiger partial charge in [-0.3, -0.25) is 4.79 Å². The number of hydrogen-bond acceptors (Lipinski definition) is 7. The molecule has 1 atom stereocenters. The molecule has 0 aliphatic carbocycles. The summed E-state index contributed by atoms with van der Waals surface area (Å²) in [5.74, 6) is 6.31. The molecule has 0 bridgehead atoms. The number of hydrogen-bond donors (Lipinski definition) is 0. The van der Waals surface area contributed by atoms with E-state index in [-0.39, 0.29) is 18.3 Å². The molecule has 6 nitrogen and oxygen atoms in total. The van der Waals surface area contributed by atoms with E-state index in [0.29, 0.717) is 31.3 Å². The largest absolute Gasteiger partial charge is 0.460 e. The Morgan fingerprint density at radius 1 is 1.20 bits per heavy atom. The van der Waals surface area contributed by atoms with Crippen LogP contribution in [0.2, 0.25) is 0 Å². The first-order valence-electron chi connectivity index (χ1n) is 12.1. The van der Waals surface area contributed by atoms with Crippen LogP contribution in [0.1, 0.15) is 69.3 Å². The second kappa shape index (κ2) is 14.7. The fraction of sp³-hybridized carbons (Fsp3) is 0.536. The van der Waals surface area contributed by atoms with Gasteiger partial charge in [0.05, 0.1) is 29.1 Å². The highest BCUT2D eigenvalue weighted by molar-refractivity contribution is 7.12. The van der Waals surface area contributed by atoms with E-state index in [4.69, 9.17) is 14.3 Å². The smallest absolute Gasteiger partial charge is 0.307 e. The molecule has 0 aliphatic rings. The standard InChI is InChI=1S/C28H38N2O4S/c1-21(2)17-26-29-19-24(35-26)14-15-25(30-32-6)23(18-27(31)34-28(3,4)5)13-10-16-33-20-22-11-8-7-9-12-22/h7-9,11-12,19,21,23H,10,13,16-18,20H2,1-6H3/b30-25+/t23-/m0/s1. The monoisotopic (exact) mass is 498 g/mol. The lowest BCUT2D eigenvalue weighted by Gasteiger charge is -2.22. The Kier molecular flexibility index (Phi) is 11.9. The van der Waals surface area contributed by atoms with Gasteiger partial charge in [0.25, 0.3) is 0 Å². The maximum absolute atomic E-state index is 12.6. The highest BCUT2D eigenvalue weighted by Gasteiger charge is 2.24. The summed E-state index contributed by atoms with van der Waals surface area (Å²) in [7, 11) is 1.49. The molecule has 2 rings (SSSR count). The molecule has 0 saturated carbocycles. The van der Waals surface area contributed by atoms with Crippen LogP contribution in [-0.2, 0) is 32.1 Å². The normalized spacial score (nSPS) is 12.7. The van der Waals surface area contributed by atoms with E-state index in [2.05, 4.69) is 35.8 Å². The Bertz CT molecular complexity index is 997. The Morgan fingerprint density at radius 2 is 1.94 bits per heavy atom. The van der Waals surface area contributed by atoms with Crippen LogP contribution in [0, 0.1) is 23.7 Å². The van der Waals surface area contributed by atoms with Gasteiger partial charge < -0.3 is 14.3 Å². The molecular formula is C28H38N2O4S. The molecule has 1 heterocycles. The fourth-order valence-corrected chi connectivity index (χ4v) is 4.33. The van der Waals surface area contributed by atoms with E-state index in [1.807, 2.05) is 51.1 Å². The van der Waals surface area contributed by atoms with Gasteiger partial charge in [0.1, 0.15) is 18.4 Å². The third kappa shape index (κ3) is 12.0. The maximum atomic E-state index is 12.6. The molecule has 0 N–H and O–H groups in total. The quantitative estimate of drug-likeness (QED) is 0.117. The molecule has 0 saturated heterocycles. The molecular weight excluding hydrogens is 460 g/mol. The molecule has 0 radical (unpaired) electrons. The predicted octanol–water partition coefficient (Wildman–Crippen LogP) is 6.04. The maximum Gasteiger partial charge on any atom is 0.307 e. The van der Waals surface area contributed by atoms with E-state index >= 15 is 0 Å². The summed E-state index contributed by atoms with van der Waals surface area (Å²) in [6.07, 6.45) is 4.32. The van der Waals surface area contributed by atoms with E-state index in [9.17, 15) is 4.79 Å². The number of benzene rings is 1. The molecule has 35 heavy (non-hydrogen) atoms. The number of aromatic nitrogens is 1. The van der Waals surface area contributed by atoms with Gasteiger partial charge in [-0.05, 0) is 56.9 Å². The van der Waals surface area contributed by atoms with Crippen molar-refractivity contribution in [1.29, 1.82) is 0 Å². The third-order valence-corrected chi connectivity index (χ3v) is 5.75. The Labute approximate surface area is 214 Å². The minimum Gasteiger partial charge on any atom is -0.460 e. The summed E-state index contributed by atoms with van der Waals surface area (Å²) < 4.78 is 11.4. The SMILES string of the molecule is CO/N=C(\C#Cc1cnc(CC(C)C)s1)[C@@H](CCCOCc1ccccc1)CC(=O)OC(C)(C)C. The zero-order valence-corrected chi connectivity index (χ0v) is 22.6. The number of thiazole rings is 1. The average molecular weight is 499 g/mol. The first kappa shape index (κ1) is 28.5. The van der Waals surface area contributed by atoms with Crippen LogP contribution >= 0.6 is 11.3 Å². The average Bonchev–Trinajstić information content (AvgIpc) is 3.21. The van der Waals surface area contributed by atoms with Crippen molar-refractivity contribution in [2.45, 2.75) is 72.5 Å². The van der Waals surface area contributed by atoms with Gasteiger partial charge in [-0.15, -0.1) is 11.3 Å². The summed E-state index contributed by atoms with van der Waals surface area (Å²) in [4.78, 5) is 23.0. The Hall–Kier alpha value is -2.69. The summed E-state index contributed by atoms with van der Waals surface area (Å²) in [5.41, 5.74) is 1.10. The summed E-state index contributed by atoms with van der Waals surface area (Å²) in [6, 6.07) is 10.1. The fourth-order valence-electron chi connectivity index (χ4n) is 3.35. The number of esters is 1. The minimum absolute atomic E-state index is 0.175. The topological polar surface area (TPSA) is 70.0 Å². The van der Waals surface area contributed by atoms with Crippen molar-refractivity contribution in [2.24, 2.45) is 17.0 Å². The van der Waals surface area contributed by atoms with E-state index in [1.54, 1.807) is 17.5 Å². The number of carbonyl (C=O) groups is 1. The van der Waals surface area contributed by atoms with Crippen LogP contribution in [0.3, 0.4) is 0 Å². The number of ether oxygens (including phenoxy) is 2. The molecule has 0 unspecified atom stereocenters. The summed E-state index contributed by atoms with van der Waals surface area (Å²) in [6.45, 7) is 11.0. The van der Waals surface area contributed by atoms with Crippen LogP contribution in [-0.4, -0.2) is 36.0 Å².